The predicted molar refractivity (Wildman–Crippen MR) is 96.2 cm³/mol. The number of methoxy groups -OCH3 is 2. The molecule has 1 atom stereocenters. The van der Waals surface area contributed by atoms with E-state index in [1.165, 1.54) is 0 Å². The molecule has 0 aliphatic carbocycles. The number of benzene rings is 2. The van der Waals surface area contributed by atoms with Crippen molar-refractivity contribution in [2.75, 3.05) is 26.1 Å². The highest BCUT2D eigenvalue weighted by Crippen LogP contribution is 2.25. The van der Waals surface area contributed by atoms with Crippen LogP contribution in [0.1, 0.15) is 11.7 Å². The smallest absolute Gasteiger partial charge is 0.319 e. The van der Waals surface area contributed by atoms with E-state index in [-0.39, 0.29) is 12.1 Å². The lowest BCUT2D eigenvalue weighted by atomic mass is 10.1. The number of hydrogen-bond donors (Lipinski definition) is 2. The van der Waals surface area contributed by atoms with Crippen molar-refractivity contribution in [2.45, 2.75) is 6.10 Å². The van der Waals surface area contributed by atoms with Gasteiger partial charge in [-0.25, -0.2) is 4.79 Å². The van der Waals surface area contributed by atoms with Gasteiger partial charge in [-0.05, 0) is 35.9 Å². The normalized spacial score (nSPS) is 11.7. The molecule has 2 N–H and O–H groups in total. The summed E-state index contributed by atoms with van der Waals surface area (Å²) in [6.45, 7) is 0.302. The van der Waals surface area contributed by atoms with E-state index in [0.717, 1.165) is 11.3 Å². The zero-order chi connectivity index (χ0) is 17.5. The fourth-order valence-electron chi connectivity index (χ4n) is 2.11. The van der Waals surface area contributed by atoms with Gasteiger partial charge in [-0.2, -0.15) is 0 Å². The molecule has 2 rings (SSSR count). The summed E-state index contributed by atoms with van der Waals surface area (Å²) in [5.74, 6) is 0.731. The fourth-order valence-corrected chi connectivity index (χ4v) is 2.41. The first-order valence-corrected chi connectivity index (χ1v) is 7.95. The van der Waals surface area contributed by atoms with Crippen LogP contribution in [0.15, 0.2) is 42.5 Å². The second kappa shape index (κ2) is 8.78. The molecule has 0 aliphatic rings. The topological polar surface area (TPSA) is 59.6 Å². The van der Waals surface area contributed by atoms with Crippen molar-refractivity contribution in [3.63, 3.8) is 0 Å². The Kier molecular flexibility index (Phi) is 6.73. The number of nitrogens with one attached hydrogen (secondary N) is 2. The summed E-state index contributed by atoms with van der Waals surface area (Å²) < 4.78 is 10.6. The first-order chi connectivity index (χ1) is 11.5. The van der Waals surface area contributed by atoms with Gasteiger partial charge in [-0.3, -0.25) is 0 Å². The maximum atomic E-state index is 12.0. The fraction of sp³-hybridized carbons (Fsp3) is 0.235. The van der Waals surface area contributed by atoms with Gasteiger partial charge < -0.3 is 20.1 Å². The van der Waals surface area contributed by atoms with Gasteiger partial charge >= 0.3 is 6.03 Å². The Labute approximate surface area is 150 Å². The van der Waals surface area contributed by atoms with Crippen LogP contribution in [-0.4, -0.2) is 26.8 Å². The second-order valence-electron chi connectivity index (χ2n) is 4.96. The number of anilines is 1. The Morgan fingerprint density at radius 3 is 2.58 bits per heavy atom. The Hall–Kier alpha value is -1.95. The Bertz CT molecular complexity index is 710. The molecule has 0 spiro atoms. The van der Waals surface area contributed by atoms with Crippen molar-refractivity contribution >= 4 is 34.9 Å². The Balaban J connectivity index is 1.94. The molecule has 7 heteroatoms. The van der Waals surface area contributed by atoms with Crippen molar-refractivity contribution in [2.24, 2.45) is 0 Å². The van der Waals surface area contributed by atoms with Crippen LogP contribution in [0, 0.1) is 0 Å². The molecule has 5 nitrogen and oxygen atoms in total. The van der Waals surface area contributed by atoms with Crippen LogP contribution in [0.3, 0.4) is 0 Å². The standard InChI is InChI=1S/C17H18Cl2N2O3/c1-23-13-5-3-4-11(8-13)16(24-2)10-20-17(22)21-12-6-7-14(18)15(19)9-12/h3-9,16H,10H2,1-2H3,(H2,20,21,22). The molecular formula is C17H18Cl2N2O3. The van der Waals surface area contributed by atoms with E-state index in [2.05, 4.69) is 10.6 Å². The van der Waals surface area contributed by atoms with Gasteiger partial charge in [0.2, 0.25) is 0 Å². The number of halogens is 2. The molecule has 2 aromatic rings. The van der Waals surface area contributed by atoms with Gasteiger partial charge in [0, 0.05) is 19.3 Å². The summed E-state index contributed by atoms with van der Waals surface area (Å²) in [7, 11) is 3.19. The van der Waals surface area contributed by atoms with E-state index in [1.807, 2.05) is 24.3 Å². The van der Waals surface area contributed by atoms with E-state index in [4.69, 9.17) is 32.7 Å². The molecule has 0 saturated heterocycles. The quantitative estimate of drug-likeness (QED) is 0.788. The molecule has 0 bridgehead atoms. The largest absolute Gasteiger partial charge is 0.497 e. The van der Waals surface area contributed by atoms with Crippen LogP contribution in [0.25, 0.3) is 0 Å². The molecule has 0 radical (unpaired) electrons. The minimum atomic E-state index is -0.363. The SMILES string of the molecule is COc1cccc(C(CNC(=O)Nc2ccc(Cl)c(Cl)c2)OC)c1. The molecule has 2 amide bonds. The van der Waals surface area contributed by atoms with Crippen molar-refractivity contribution in [3.8, 4) is 5.75 Å². The lowest BCUT2D eigenvalue weighted by molar-refractivity contribution is 0.104. The summed E-state index contributed by atoms with van der Waals surface area (Å²) in [6.07, 6.45) is -0.292. The lowest BCUT2D eigenvalue weighted by Crippen LogP contribution is -2.32. The molecule has 128 valence electrons. The first-order valence-electron chi connectivity index (χ1n) is 7.20. The van der Waals surface area contributed by atoms with E-state index in [9.17, 15) is 4.79 Å². The minimum absolute atomic E-state index is 0.292. The van der Waals surface area contributed by atoms with Gasteiger partial charge in [0.15, 0.2) is 0 Å². The average molecular weight is 369 g/mol. The van der Waals surface area contributed by atoms with Gasteiger partial charge in [-0.15, -0.1) is 0 Å². The Morgan fingerprint density at radius 1 is 1.12 bits per heavy atom. The monoisotopic (exact) mass is 368 g/mol. The number of rotatable bonds is 6. The summed E-state index contributed by atoms with van der Waals surface area (Å²) in [5.41, 5.74) is 1.46. The summed E-state index contributed by atoms with van der Waals surface area (Å²) in [5, 5.41) is 6.26. The number of ether oxygens (including phenoxy) is 2. The molecular weight excluding hydrogens is 351 g/mol. The molecule has 0 aromatic heterocycles. The van der Waals surface area contributed by atoms with Gasteiger partial charge in [0.1, 0.15) is 5.75 Å². The third kappa shape index (κ3) is 5.03. The van der Waals surface area contributed by atoms with Crippen molar-refractivity contribution < 1.29 is 14.3 Å². The molecule has 0 heterocycles. The average Bonchev–Trinajstić information content (AvgIpc) is 2.59. The van der Waals surface area contributed by atoms with Gasteiger partial charge in [0.25, 0.3) is 0 Å². The molecule has 0 fully saturated rings. The molecule has 0 aliphatic heterocycles. The molecule has 0 saturated carbocycles. The lowest BCUT2D eigenvalue weighted by Gasteiger charge is -2.17. The van der Waals surface area contributed by atoms with Crippen LogP contribution in [0.2, 0.25) is 10.0 Å². The highest BCUT2D eigenvalue weighted by molar-refractivity contribution is 6.42. The van der Waals surface area contributed by atoms with Crippen molar-refractivity contribution in [1.82, 2.24) is 5.32 Å². The number of hydrogen-bond acceptors (Lipinski definition) is 3. The molecule has 24 heavy (non-hydrogen) atoms. The number of amides is 2. The third-order valence-electron chi connectivity index (χ3n) is 3.38. The van der Waals surface area contributed by atoms with E-state index in [0.29, 0.717) is 22.3 Å². The first kappa shape index (κ1) is 18.4. The van der Waals surface area contributed by atoms with Crippen LogP contribution in [0.4, 0.5) is 10.5 Å². The molecule has 2 aromatic carbocycles. The van der Waals surface area contributed by atoms with E-state index in [1.54, 1.807) is 32.4 Å². The molecule has 1 unspecified atom stereocenters. The van der Waals surface area contributed by atoms with Crippen LogP contribution in [-0.2, 0) is 4.74 Å². The second-order valence-corrected chi connectivity index (χ2v) is 5.78. The zero-order valence-corrected chi connectivity index (χ0v) is 14.8. The predicted octanol–water partition coefficient (Wildman–Crippen LogP) is 4.51. The van der Waals surface area contributed by atoms with Crippen LogP contribution in [0.5, 0.6) is 5.75 Å². The number of urea groups is 1. The highest BCUT2D eigenvalue weighted by Gasteiger charge is 2.13. The van der Waals surface area contributed by atoms with Gasteiger partial charge in [-0.1, -0.05) is 35.3 Å². The maximum Gasteiger partial charge on any atom is 0.319 e. The van der Waals surface area contributed by atoms with Crippen LogP contribution < -0.4 is 15.4 Å². The van der Waals surface area contributed by atoms with Gasteiger partial charge in [0.05, 0.1) is 23.3 Å². The summed E-state index contributed by atoms with van der Waals surface area (Å²) >= 11 is 11.8. The number of carbonyl (C=O) groups is 1. The summed E-state index contributed by atoms with van der Waals surface area (Å²) in [4.78, 5) is 12.0. The highest BCUT2D eigenvalue weighted by atomic mass is 35.5. The van der Waals surface area contributed by atoms with Crippen molar-refractivity contribution in [3.05, 3.63) is 58.1 Å². The zero-order valence-electron chi connectivity index (χ0n) is 13.3. The van der Waals surface area contributed by atoms with Crippen molar-refractivity contribution in [1.29, 1.82) is 0 Å². The summed E-state index contributed by atoms with van der Waals surface area (Å²) in [6, 6.07) is 12.0. The maximum absolute atomic E-state index is 12.0. The van der Waals surface area contributed by atoms with Crippen LogP contribution >= 0.6 is 23.2 Å². The van der Waals surface area contributed by atoms with E-state index < -0.39 is 0 Å². The third-order valence-corrected chi connectivity index (χ3v) is 4.11. The van der Waals surface area contributed by atoms with E-state index >= 15 is 0 Å². The minimum Gasteiger partial charge on any atom is -0.497 e. The number of carbonyl (C=O) groups excluding carboxylic acids is 1. The Morgan fingerprint density at radius 2 is 1.92 bits per heavy atom.